The molecule has 0 atom stereocenters. The predicted octanol–water partition coefficient (Wildman–Crippen LogP) is 2.17. The van der Waals surface area contributed by atoms with Gasteiger partial charge in [0.15, 0.2) is 5.43 Å². The van der Waals surface area contributed by atoms with E-state index in [4.69, 9.17) is 0 Å². The molecule has 0 aliphatic heterocycles. The first-order valence-electron chi connectivity index (χ1n) is 3.74. The lowest BCUT2D eigenvalue weighted by atomic mass is 10.2. The van der Waals surface area contributed by atoms with Crippen LogP contribution in [0.4, 0.5) is 0 Å². The molecule has 1 N–H and O–H groups in total. The van der Waals surface area contributed by atoms with Crippen molar-refractivity contribution in [3.8, 4) is 0 Å². The summed E-state index contributed by atoms with van der Waals surface area (Å²) in [7, 11) is 0. The average Bonchev–Trinajstić information content (AvgIpc) is 2.09. The van der Waals surface area contributed by atoms with E-state index in [1.165, 1.54) is 6.07 Å². The third kappa shape index (κ3) is 2.66. The summed E-state index contributed by atoms with van der Waals surface area (Å²) in [4.78, 5) is 14.0. The number of rotatable bonds is 3. The number of nitrogens with one attached hydrogen (secondary N) is 1. The van der Waals surface area contributed by atoms with Gasteiger partial charge in [0.25, 0.3) is 0 Å². The molecule has 0 spiro atoms. The Morgan fingerprint density at radius 2 is 2.42 bits per heavy atom. The van der Waals surface area contributed by atoms with Crippen LogP contribution in [-0.2, 0) is 0 Å². The second-order valence-electron chi connectivity index (χ2n) is 2.34. The van der Waals surface area contributed by atoms with E-state index >= 15 is 0 Å². The highest BCUT2D eigenvalue weighted by molar-refractivity contribution is 9.09. The van der Waals surface area contributed by atoms with Crippen LogP contribution >= 0.6 is 15.9 Å². The smallest absolute Gasteiger partial charge is 0.188 e. The number of H-pyrrole nitrogens is 1. The van der Waals surface area contributed by atoms with E-state index < -0.39 is 0 Å². The lowest BCUT2D eigenvalue weighted by Gasteiger charge is -1.89. The predicted molar refractivity (Wildman–Crippen MR) is 54.5 cm³/mol. The van der Waals surface area contributed by atoms with Gasteiger partial charge in [-0.25, -0.2) is 0 Å². The van der Waals surface area contributed by atoms with Gasteiger partial charge in [0.1, 0.15) is 0 Å². The highest BCUT2D eigenvalue weighted by atomic mass is 79.9. The maximum atomic E-state index is 11.1. The first-order valence-corrected chi connectivity index (χ1v) is 4.86. The van der Waals surface area contributed by atoms with Crippen molar-refractivity contribution in [3.05, 3.63) is 40.3 Å². The molecular weight excluding hydrogens is 218 g/mol. The van der Waals surface area contributed by atoms with Crippen LogP contribution in [0.3, 0.4) is 0 Å². The van der Waals surface area contributed by atoms with Crippen LogP contribution in [0, 0.1) is 0 Å². The first-order chi connectivity index (χ1) is 5.84. The van der Waals surface area contributed by atoms with Crippen LogP contribution in [0.5, 0.6) is 0 Å². The molecule has 0 aliphatic rings. The Kier molecular flexibility index (Phi) is 3.80. The molecule has 12 heavy (non-hydrogen) atoms. The Balaban J connectivity index is 2.76. The fourth-order valence-corrected chi connectivity index (χ4v) is 1.10. The number of aromatic nitrogens is 1. The van der Waals surface area contributed by atoms with E-state index in [9.17, 15) is 4.79 Å². The molecule has 0 bridgehead atoms. The average molecular weight is 228 g/mol. The second kappa shape index (κ2) is 4.93. The zero-order valence-electron chi connectivity index (χ0n) is 6.59. The maximum Gasteiger partial charge on any atom is 0.188 e. The lowest BCUT2D eigenvalue weighted by molar-refractivity contribution is 1.26. The number of alkyl halides is 1. The third-order valence-corrected chi connectivity index (χ3v) is 1.89. The minimum atomic E-state index is 0.0552. The molecule has 64 valence electrons. The Morgan fingerprint density at radius 3 is 3.08 bits per heavy atom. The summed E-state index contributed by atoms with van der Waals surface area (Å²) in [5.74, 6) is 0. The zero-order chi connectivity index (χ0) is 8.81. The monoisotopic (exact) mass is 227 g/mol. The number of halogens is 1. The van der Waals surface area contributed by atoms with Gasteiger partial charge in [-0.2, -0.15) is 0 Å². The van der Waals surface area contributed by atoms with Crippen molar-refractivity contribution in [2.75, 3.05) is 5.33 Å². The SMILES string of the molecule is O=c1cc[nH]cc1C=CCCBr. The summed E-state index contributed by atoms with van der Waals surface area (Å²) in [6.45, 7) is 0. The van der Waals surface area contributed by atoms with Crippen LogP contribution in [0.25, 0.3) is 6.08 Å². The van der Waals surface area contributed by atoms with E-state index in [0.29, 0.717) is 5.56 Å². The number of pyridine rings is 1. The van der Waals surface area contributed by atoms with Crippen LogP contribution in [0.1, 0.15) is 12.0 Å². The fraction of sp³-hybridized carbons (Fsp3) is 0.222. The Hall–Kier alpha value is -0.830. The summed E-state index contributed by atoms with van der Waals surface area (Å²) in [5.41, 5.74) is 0.762. The van der Waals surface area contributed by atoms with E-state index in [1.807, 2.05) is 12.2 Å². The molecule has 0 fully saturated rings. The molecule has 1 rings (SSSR count). The van der Waals surface area contributed by atoms with Crippen LogP contribution in [-0.4, -0.2) is 10.3 Å². The number of hydrogen-bond acceptors (Lipinski definition) is 1. The Bertz CT molecular complexity index is 316. The number of hydrogen-bond donors (Lipinski definition) is 1. The standard InChI is InChI=1S/C9H10BrNO/c10-5-2-1-3-8-7-11-6-4-9(8)12/h1,3-4,6-7H,2,5H2,(H,11,12). The van der Waals surface area contributed by atoms with Gasteiger partial charge < -0.3 is 4.98 Å². The molecule has 0 saturated heterocycles. The topological polar surface area (TPSA) is 32.9 Å². The van der Waals surface area contributed by atoms with Gasteiger partial charge in [0.05, 0.1) is 0 Å². The molecular formula is C9H10BrNO. The van der Waals surface area contributed by atoms with Crippen molar-refractivity contribution in [1.82, 2.24) is 4.98 Å². The second-order valence-corrected chi connectivity index (χ2v) is 3.14. The van der Waals surface area contributed by atoms with Gasteiger partial charge in [-0.3, -0.25) is 4.79 Å². The third-order valence-electron chi connectivity index (χ3n) is 1.43. The quantitative estimate of drug-likeness (QED) is 0.790. The van der Waals surface area contributed by atoms with Gasteiger partial charge in [-0.1, -0.05) is 28.1 Å². The number of aromatic amines is 1. The minimum Gasteiger partial charge on any atom is -0.367 e. The van der Waals surface area contributed by atoms with E-state index in [1.54, 1.807) is 12.4 Å². The van der Waals surface area contributed by atoms with Crippen LogP contribution < -0.4 is 5.43 Å². The first kappa shape index (κ1) is 9.26. The summed E-state index contributed by atoms with van der Waals surface area (Å²) in [6.07, 6.45) is 8.07. The van der Waals surface area contributed by atoms with Gasteiger partial charge in [0.2, 0.25) is 0 Å². The molecule has 1 aromatic heterocycles. The zero-order valence-corrected chi connectivity index (χ0v) is 8.17. The van der Waals surface area contributed by atoms with Crippen molar-refractivity contribution in [2.24, 2.45) is 0 Å². The van der Waals surface area contributed by atoms with Crippen LogP contribution in [0.2, 0.25) is 0 Å². The fourth-order valence-electron chi connectivity index (χ4n) is 0.833. The lowest BCUT2D eigenvalue weighted by Crippen LogP contribution is -2.01. The van der Waals surface area contributed by atoms with E-state index in [0.717, 1.165) is 11.8 Å². The molecule has 0 aromatic carbocycles. The Morgan fingerprint density at radius 1 is 1.58 bits per heavy atom. The van der Waals surface area contributed by atoms with E-state index in [-0.39, 0.29) is 5.43 Å². The molecule has 3 heteroatoms. The van der Waals surface area contributed by atoms with Crippen molar-refractivity contribution < 1.29 is 0 Å². The molecule has 0 unspecified atom stereocenters. The molecule has 2 nitrogen and oxygen atoms in total. The summed E-state index contributed by atoms with van der Waals surface area (Å²) in [5, 5.41) is 0.925. The molecule has 0 amide bonds. The summed E-state index contributed by atoms with van der Waals surface area (Å²) < 4.78 is 0. The number of allylic oxidation sites excluding steroid dienone is 1. The summed E-state index contributed by atoms with van der Waals surface area (Å²) >= 11 is 3.30. The van der Waals surface area contributed by atoms with Gasteiger partial charge in [-0.15, -0.1) is 0 Å². The summed E-state index contributed by atoms with van der Waals surface area (Å²) in [6, 6.07) is 1.52. The highest BCUT2D eigenvalue weighted by Gasteiger charge is 1.89. The molecule has 1 heterocycles. The largest absolute Gasteiger partial charge is 0.367 e. The highest BCUT2D eigenvalue weighted by Crippen LogP contribution is 1.95. The normalized spacial score (nSPS) is 10.8. The Labute approximate surface area is 79.5 Å². The molecule has 1 aromatic rings. The molecule has 0 aliphatic carbocycles. The molecule has 0 radical (unpaired) electrons. The van der Waals surface area contributed by atoms with Gasteiger partial charge in [0, 0.05) is 29.4 Å². The van der Waals surface area contributed by atoms with Crippen molar-refractivity contribution in [1.29, 1.82) is 0 Å². The van der Waals surface area contributed by atoms with E-state index in [2.05, 4.69) is 20.9 Å². The van der Waals surface area contributed by atoms with Crippen molar-refractivity contribution in [3.63, 3.8) is 0 Å². The molecule has 0 saturated carbocycles. The van der Waals surface area contributed by atoms with Crippen molar-refractivity contribution >= 4 is 22.0 Å². The van der Waals surface area contributed by atoms with Gasteiger partial charge >= 0.3 is 0 Å². The van der Waals surface area contributed by atoms with Crippen molar-refractivity contribution in [2.45, 2.75) is 6.42 Å². The minimum absolute atomic E-state index is 0.0552. The van der Waals surface area contributed by atoms with Crippen LogP contribution in [0.15, 0.2) is 29.3 Å². The van der Waals surface area contributed by atoms with Gasteiger partial charge in [-0.05, 0) is 6.42 Å². The maximum absolute atomic E-state index is 11.1.